The fraction of sp³-hybridized carbons (Fsp3) is 0.500. The summed E-state index contributed by atoms with van der Waals surface area (Å²) in [6.45, 7) is 1.00. The molecule has 0 aliphatic heterocycles. The van der Waals surface area contributed by atoms with Crippen molar-refractivity contribution in [3.05, 3.63) is 24.4 Å². The molecule has 0 amide bonds. The van der Waals surface area contributed by atoms with Gasteiger partial charge in [0.1, 0.15) is 17.9 Å². The van der Waals surface area contributed by atoms with Crippen molar-refractivity contribution in [2.24, 2.45) is 10.9 Å². The number of methoxy groups -OCH3 is 1. The number of ether oxygens (including phenoxy) is 2. The van der Waals surface area contributed by atoms with E-state index in [9.17, 15) is 5.11 Å². The van der Waals surface area contributed by atoms with E-state index in [2.05, 4.69) is 15.0 Å². The van der Waals surface area contributed by atoms with Crippen molar-refractivity contribution in [2.75, 3.05) is 20.3 Å². The topological polar surface area (TPSA) is 76.8 Å². The molecule has 0 atom stereocenters. The summed E-state index contributed by atoms with van der Waals surface area (Å²) in [5.74, 6) is 1.54. The molecule has 1 aliphatic carbocycles. The third-order valence-corrected chi connectivity index (χ3v) is 4.25. The molecule has 1 fully saturated rings. The number of aliphatic imine (C=N–C) groups is 1. The Labute approximate surface area is 141 Å². The monoisotopic (exact) mass is 329 g/mol. The van der Waals surface area contributed by atoms with Crippen LogP contribution in [-0.4, -0.2) is 47.7 Å². The van der Waals surface area contributed by atoms with Crippen LogP contribution in [0.4, 0.5) is 5.95 Å². The van der Waals surface area contributed by atoms with Gasteiger partial charge in [0.25, 0.3) is 0 Å². The molecule has 0 radical (unpaired) electrons. The molecule has 1 aromatic heterocycles. The Kier molecular flexibility index (Phi) is 5.72. The number of para-hydroxylation sites is 1. The van der Waals surface area contributed by atoms with E-state index in [1.807, 2.05) is 24.4 Å². The van der Waals surface area contributed by atoms with Crippen LogP contribution in [-0.2, 0) is 4.74 Å². The van der Waals surface area contributed by atoms with Gasteiger partial charge in [-0.1, -0.05) is 12.1 Å². The van der Waals surface area contributed by atoms with Crippen LogP contribution in [0.2, 0.25) is 0 Å². The fourth-order valence-electron chi connectivity index (χ4n) is 2.86. The van der Waals surface area contributed by atoms with Crippen molar-refractivity contribution in [3.63, 3.8) is 0 Å². The van der Waals surface area contributed by atoms with Gasteiger partial charge in [-0.2, -0.15) is 0 Å². The van der Waals surface area contributed by atoms with E-state index < -0.39 is 0 Å². The number of hydrogen-bond acceptors (Lipinski definition) is 6. The number of hydrogen-bond donors (Lipinski definition) is 1. The van der Waals surface area contributed by atoms with Crippen LogP contribution in [0.1, 0.15) is 25.7 Å². The minimum Gasteiger partial charge on any atom is -0.489 e. The number of benzene rings is 1. The van der Waals surface area contributed by atoms with Crippen LogP contribution in [0.25, 0.3) is 10.9 Å². The zero-order chi connectivity index (χ0) is 16.8. The number of fused-ring (bicyclic) bond motifs is 1. The van der Waals surface area contributed by atoms with Gasteiger partial charge >= 0.3 is 0 Å². The van der Waals surface area contributed by atoms with E-state index in [0.29, 0.717) is 30.8 Å². The average molecular weight is 329 g/mol. The Balaban J connectivity index is 1.75. The molecular formula is C18H23N3O3. The number of rotatable bonds is 6. The summed E-state index contributed by atoms with van der Waals surface area (Å²) in [4.78, 5) is 13.3. The molecule has 0 spiro atoms. The summed E-state index contributed by atoms with van der Waals surface area (Å²) in [7, 11) is 1.64. The second kappa shape index (κ2) is 8.17. The SMILES string of the molecule is COCCOc1cccc2cnc(N=CC3CCC(O)CC3)nc12. The molecule has 24 heavy (non-hydrogen) atoms. The van der Waals surface area contributed by atoms with Gasteiger partial charge in [0.05, 0.1) is 12.7 Å². The largest absolute Gasteiger partial charge is 0.489 e. The summed E-state index contributed by atoms with van der Waals surface area (Å²) in [6.07, 6.45) is 7.13. The van der Waals surface area contributed by atoms with Gasteiger partial charge in [-0.05, 0) is 37.7 Å². The molecule has 1 aromatic carbocycles. The maximum absolute atomic E-state index is 9.56. The number of aliphatic hydroxyl groups excluding tert-OH is 1. The standard InChI is InChI=1S/C18H23N3O3/c1-23-9-10-24-16-4-2-3-14-12-20-18(21-17(14)16)19-11-13-5-7-15(22)8-6-13/h2-4,11-13,15,22H,5-10H2,1H3. The molecule has 1 heterocycles. The summed E-state index contributed by atoms with van der Waals surface area (Å²) >= 11 is 0. The lowest BCUT2D eigenvalue weighted by Gasteiger charge is -2.21. The predicted octanol–water partition coefficient (Wildman–Crippen LogP) is 2.91. The highest BCUT2D eigenvalue weighted by atomic mass is 16.5. The van der Waals surface area contributed by atoms with Crippen LogP contribution in [0.3, 0.4) is 0 Å². The van der Waals surface area contributed by atoms with Crippen LogP contribution >= 0.6 is 0 Å². The summed E-state index contributed by atoms with van der Waals surface area (Å²) in [6, 6.07) is 5.76. The molecule has 6 heteroatoms. The van der Waals surface area contributed by atoms with Crippen molar-refractivity contribution in [3.8, 4) is 5.75 Å². The summed E-state index contributed by atoms with van der Waals surface area (Å²) < 4.78 is 10.7. The van der Waals surface area contributed by atoms with Crippen LogP contribution in [0, 0.1) is 5.92 Å². The quantitative estimate of drug-likeness (QED) is 0.651. The highest BCUT2D eigenvalue weighted by molar-refractivity contribution is 5.84. The van der Waals surface area contributed by atoms with E-state index in [4.69, 9.17) is 9.47 Å². The number of aromatic nitrogens is 2. The lowest BCUT2D eigenvalue weighted by Crippen LogP contribution is -2.18. The van der Waals surface area contributed by atoms with Gasteiger partial charge in [0.2, 0.25) is 5.95 Å². The van der Waals surface area contributed by atoms with E-state index in [1.165, 1.54) is 0 Å². The van der Waals surface area contributed by atoms with E-state index in [1.54, 1.807) is 13.3 Å². The fourth-order valence-corrected chi connectivity index (χ4v) is 2.86. The van der Waals surface area contributed by atoms with Crippen molar-refractivity contribution in [1.29, 1.82) is 0 Å². The highest BCUT2D eigenvalue weighted by Crippen LogP contribution is 2.26. The van der Waals surface area contributed by atoms with E-state index in [0.717, 1.165) is 36.6 Å². The first kappa shape index (κ1) is 16.8. The maximum Gasteiger partial charge on any atom is 0.249 e. The van der Waals surface area contributed by atoms with Crippen molar-refractivity contribution in [2.45, 2.75) is 31.8 Å². The molecule has 128 valence electrons. The molecule has 1 N–H and O–H groups in total. The average Bonchev–Trinajstić information content (AvgIpc) is 2.61. The number of aliphatic hydroxyl groups is 1. The first-order valence-corrected chi connectivity index (χ1v) is 8.36. The predicted molar refractivity (Wildman–Crippen MR) is 93.0 cm³/mol. The zero-order valence-electron chi connectivity index (χ0n) is 13.9. The van der Waals surface area contributed by atoms with Crippen molar-refractivity contribution < 1.29 is 14.6 Å². The lowest BCUT2D eigenvalue weighted by atomic mass is 9.88. The Morgan fingerprint density at radius 2 is 2.08 bits per heavy atom. The molecule has 3 rings (SSSR count). The third-order valence-electron chi connectivity index (χ3n) is 4.25. The Morgan fingerprint density at radius 1 is 1.25 bits per heavy atom. The van der Waals surface area contributed by atoms with E-state index in [-0.39, 0.29) is 6.10 Å². The molecule has 2 aromatic rings. The Morgan fingerprint density at radius 3 is 2.88 bits per heavy atom. The molecular weight excluding hydrogens is 306 g/mol. The van der Waals surface area contributed by atoms with Gasteiger partial charge in [-0.3, -0.25) is 0 Å². The molecule has 0 unspecified atom stereocenters. The Bertz CT molecular complexity index is 697. The van der Waals surface area contributed by atoms with E-state index >= 15 is 0 Å². The lowest BCUT2D eigenvalue weighted by molar-refractivity contribution is 0.121. The highest BCUT2D eigenvalue weighted by Gasteiger charge is 2.17. The second-order valence-electron chi connectivity index (χ2n) is 6.05. The minimum atomic E-state index is -0.154. The molecule has 6 nitrogen and oxygen atoms in total. The molecule has 0 bridgehead atoms. The summed E-state index contributed by atoms with van der Waals surface area (Å²) in [5.41, 5.74) is 0.759. The van der Waals surface area contributed by atoms with Gasteiger partial charge in [-0.15, -0.1) is 0 Å². The van der Waals surface area contributed by atoms with Gasteiger partial charge in [0.15, 0.2) is 0 Å². The summed E-state index contributed by atoms with van der Waals surface area (Å²) in [5, 5.41) is 10.5. The molecule has 0 saturated heterocycles. The first-order valence-electron chi connectivity index (χ1n) is 8.36. The van der Waals surface area contributed by atoms with Crippen LogP contribution in [0.15, 0.2) is 29.4 Å². The van der Waals surface area contributed by atoms with Crippen molar-refractivity contribution in [1.82, 2.24) is 9.97 Å². The zero-order valence-corrected chi connectivity index (χ0v) is 13.9. The van der Waals surface area contributed by atoms with Crippen molar-refractivity contribution >= 4 is 23.1 Å². The smallest absolute Gasteiger partial charge is 0.249 e. The molecule has 1 saturated carbocycles. The Hall–Kier alpha value is -2.05. The van der Waals surface area contributed by atoms with Gasteiger partial charge in [0, 0.05) is 24.9 Å². The van der Waals surface area contributed by atoms with Crippen LogP contribution < -0.4 is 4.74 Å². The van der Waals surface area contributed by atoms with Gasteiger partial charge < -0.3 is 14.6 Å². The first-order chi connectivity index (χ1) is 11.8. The normalized spacial score (nSPS) is 21.4. The third kappa shape index (κ3) is 4.27. The second-order valence-corrected chi connectivity index (χ2v) is 6.05. The molecule has 1 aliphatic rings. The minimum absolute atomic E-state index is 0.154. The van der Waals surface area contributed by atoms with Gasteiger partial charge in [-0.25, -0.2) is 15.0 Å². The number of nitrogens with zero attached hydrogens (tertiary/aromatic N) is 3. The van der Waals surface area contributed by atoms with Crippen LogP contribution in [0.5, 0.6) is 5.75 Å². The maximum atomic E-state index is 9.56.